The van der Waals surface area contributed by atoms with E-state index in [2.05, 4.69) is 10.3 Å². The molecule has 1 N–H and O–H groups in total. The molecule has 2 aromatic rings. The second kappa shape index (κ2) is 6.91. The Morgan fingerprint density at radius 1 is 1.29 bits per heavy atom. The summed E-state index contributed by atoms with van der Waals surface area (Å²) in [5.74, 6) is 0.657. The predicted octanol–water partition coefficient (Wildman–Crippen LogP) is 3.69. The minimum absolute atomic E-state index is 0.0664. The van der Waals surface area contributed by atoms with Gasteiger partial charge in [0.05, 0.1) is 12.3 Å². The Hall–Kier alpha value is -2.56. The SMILES string of the molecule is CCOc1ccc2c(n1)CCN(C(=O)Nc1cccc(C)c1C)C2. The number of rotatable bonds is 3. The number of nitrogens with one attached hydrogen (secondary N) is 1. The largest absolute Gasteiger partial charge is 0.478 e. The van der Waals surface area contributed by atoms with Crippen molar-refractivity contribution in [2.45, 2.75) is 33.7 Å². The lowest BCUT2D eigenvalue weighted by Gasteiger charge is -2.29. The Morgan fingerprint density at radius 2 is 2.12 bits per heavy atom. The molecule has 1 aromatic heterocycles. The summed E-state index contributed by atoms with van der Waals surface area (Å²) in [5, 5.41) is 3.03. The van der Waals surface area contributed by atoms with Crippen molar-refractivity contribution in [2.24, 2.45) is 0 Å². The number of anilines is 1. The number of carbonyl (C=O) groups excluding carboxylic acids is 1. The first kappa shape index (κ1) is 16.3. The highest BCUT2D eigenvalue weighted by molar-refractivity contribution is 5.90. The quantitative estimate of drug-likeness (QED) is 0.936. The number of aromatic nitrogens is 1. The number of amides is 2. The second-order valence-corrected chi connectivity index (χ2v) is 6.04. The number of ether oxygens (including phenoxy) is 1. The van der Waals surface area contributed by atoms with Gasteiger partial charge in [-0.25, -0.2) is 9.78 Å². The van der Waals surface area contributed by atoms with Gasteiger partial charge in [0.15, 0.2) is 0 Å². The van der Waals surface area contributed by atoms with Gasteiger partial charge in [-0.15, -0.1) is 0 Å². The number of pyridine rings is 1. The van der Waals surface area contributed by atoms with Gasteiger partial charge in [0.1, 0.15) is 0 Å². The van der Waals surface area contributed by atoms with Crippen LogP contribution >= 0.6 is 0 Å². The molecule has 0 atom stereocenters. The highest BCUT2D eigenvalue weighted by Gasteiger charge is 2.22. The number of nitrogens with zero attached hydrogens (tertiary/aromatic N) is 2. The minimum Gasteiger partial charge on any atom is -0.478 e. The number of aryl methyl sites for hydroxylation is 1. The number of benzene rings is 1. The van der Waals surface area contributed by atoms with Gasteiger partial charge in [-0.05, 0) is 43.5 Å². The highest BCUT2D eigenvalue weighted by atomic mass is 16.5. The van der Waals surface area contributed by atoms with Gasteiger partial charge in [0.2, 0.25) is 5.88 Å². The van der Waals surface area contributed by atoms with E-state index in [4.69, 9.17) is 4.74 Å². The lowest BCUT2D eigenvalue weighted by molar-refractivity contribution is 0.205. The van der Waals surface area contributed by atoms with Crippen LogP contribution in [0.15, 0.2) is 30.3 Å². The van der Waals surface area contributed by atoms with Crippen LogP contribution in [0.1, 0.15) is 29.3 Å². The lowest BCUT2D eigenvalue weighted by Crippen LogP contribution is -2.39. The fourth-order valence-corrected chi connectivity index (χ4v) is 2.88. The number of carbonyl (C=O) groups is 1. The van der Waals surface area contributed by atoms with Gasteiger partial charge in [0.25, 0.3) is 0 Å². The van der Waals surface area contributed by atoms with Crippen LogP contribution in [0.2, 0.25) is 0 Å². The third kappa shape index (κ3) is 3.35. The van der Waals surface area contributed by atoms with Gasteiger partial charge >= 0.3 is 6.03 Å². The van der Waals surface area contributed by atoms with E-state index in [9.17, 15) is 4.79 Å². The summed E-state index contributed by atoms with van der Waals surface area (Å²) in [6.07, 6.45) is 0.746. The molecular weight excluding hydrogens is 302 g/mol. The van der Waals surface area contributed by atoms with Crippen molar-refractivity contribution in [3.8, 4) is 5.88 Å². The first-order chi connectivity index (χ1) is 11.6. The van der Waals surface area contributed by atoms with E-state index in [1.54, 1.807) is 0 Å². The molecule has 24 heavy (non-hydrogen) atoms. The Morgan fingerprint density at radius 3 is 2.92 bits per heavy atom. The van der Waals surface area contributed by atoms with Crippen LogP contribution in [0.3, 0.4) is 0 Å². The normalized spacial score (nSPS) is 13.4. The fourth-order valence-electron chi connectivity index (χ4n) is 2.88. The molecule has 0 bridgehead atoms. The molecular formula is C19H23N3O2. The number of fused-ring (bicyclic) bond motifs is 1. The van der Waals surface area contributed by atoms with Crippen molar-refractivity contribution < 1.29 is 9.53 Å². The number of hydrogen-bond donors (Lipinski definition) is 1. The molecule has 5 heteroatoms. The maximum absolute atomic E-state index is 12.6. The van der Waals surface area contributed by atoms with E-state index in [-0.39, 0.29) is 6.03 Å². The molecule has 0 saturated carbocycles. The summed E-state index contributed by atoms with van der Waals surface area (Å²) in [7, 11) is 0. The molecule has 0 saturated heterocycles. The van der Waals surface area contributed by atoms with E-state index in [0.29, 0.717) is 25.6 Å². The minimum atomic E-state index is -0.0664. The molecule has 0 spiro atoms. The molecule has 2 heterocycles. The zero-order valence-corrected chi connectivity index (χ0v) is 14.4. The van der Waals surface area contributed by atoms with Gasteiger partial charge in [-0.3, -0.25) is 0 Å². The zero-order valence-electron chi connectivity index (χ0n) is 14.4. The summed E-state index contributed by atoms with van der Waals surface area (Å²) in [5.41, 5.74) is 5.25. The Bertz CT molecular complexity index is 758. The molecule has 0 fully saturated rings. The topological polar surface area (TPSA) is 54.5 Å². The van der Waals surface area contributed by atoms with E-state index >= 15 is 0 Å². The van der Waals surface area contributed by atoms with E-state index < -0.39 is 0 Å². The van der Waals surface area contributed by atoms with Gasteiger partial charge in [-0.2, -0.15) is 0 Å². The van der Waals surface area contributed by atoms with Crippen molar-refractivity contribution in [1.29, 1.82) is 0 Å². The first-order valence-electron chi connectivity index (χ1n) is 8.32. The van der Waals surface area contributed by atoms with Gasteiger partial charge < -0.3 is 15.0 Å². The van der Waals surface area contributed by atoms with Crippen LogP contribution in [0, 0.1) is 13.8 Å². The summed E-state index contributed by atoms with van der Waals surface area (Å²) in [6, 6.07) is 9.75. The lowest BCUT2D eigenvalue weighted by atomic mass is 10.1. The second-order valence-electron chi connectivity index (χ2n) is 6.04. The standard InChI is InChI=1S/C19H23N3O2/c1-4-24-18-9-8-15-12-22(11-10-17(15)20-18)19(23)21-16-7-5-6-13(2)14(16)3/h5-9H,4,10-12H2,1-3H3,(H,21,23). The molecule has 1 aliphatic heterocycles. The zero-order chi connectivity index (χ0) is 17.1. The van der Waals surface area contributed by atoms with Gasteiger partial charge in [0, 0.05) is 31.3 Å². The molecule has 3 rings (SSSR count). The van der Waals surface area contributed by atoms with Crippen LogP contribution in [-0.4, -0.2) is 29.1 Å². The summed E-state index contributed by atoms with van der Waals surface area (Å²) in [4.78, 5) is 18.9. The highest BCUT2D eigenvalue weighted by Crippen LogP contribution is 2.23. The molecule has 0 unspecified atom stereocenters. The van der Waals surface area contributed by atoms with Crippen molar-refractivity contribution in [3.63, 3.8) is 0 Å². The third-order valence-electron chi connectivity index (χ3n) is 4.45. The smallest absolute Gasteiger partial charge is 0.322 e. The average molecular weight is 325 g/mol. The number of hydrogen-bond acceptors (Lipinski definition) is 3. The molecule has 1 aliphatic rings. The van der Waals surface area contributed by atoms with Crippen LogP contribution in [0.5, 0.6) is 5.88 Å². The van der Waals surface area contributed by atoms with Crippen molar-refractivity contribution in [1.82, 2.24) is 9.88 Å². The Kier molecular flexibility index (Phi) is 4.69. The monoisotopic (exact) mass is 325 g/mol. The molecule has 1 aromatic carbocycles. The van der Waals surface area contributed by atoms with Crippen LogP contribution in [-0.2, 0) is 13.0 Å². The van der Waals surface area contributed by atoms with Crippen LogP contribution in [0.4, 0.5) is 10.5 Å². The third-order valence-corrected chi connectivity index (χ3v) is 4.45. The maximum atomic E-state index is 12.6. The van der Waals surface area contributed by atoms with Crippen LogP contribution < -0.4 is 10.1 Å². The average Bonchev–Trinajstić information content (AvgIpc) is 2.58. The Balaban J connectivity index is 1.70. The molecule has 126 valence electrons. The first-order valence-corrected chi connectivity index (χ1v) is 8.32. The molecule has 0 radical (unpaired) electrons. The fraction of sp³-hybridized carbons (Fsp3) is 0.368. The van der Waals surface area contributed by atoms with Gasteiger partial charge in [-0.1, -0.05) is 18.2 Å². The summed E-state index contributed by atoms with van der Waals surface area (Å²) < 4.78 is 5.45. The van der Waals surface area contributed by atoms with E-state index in [0.717, 1.165) is 28.9 Å². The van der Waals surface area contributed by atoms with Crippen LogP contribution in [0.25, 0.3) is 0 Å². The Labute approximate surface area is 142 Å². The van der Waals surface area contributed by atoms with E-state index in [1.807, 2.05) is 56.0 Å². The maximum Gasteiger partial charge on any atom is 0.322 e. The molecule has 0 aliphatic carbocycles. The molecule has 5 nitrogen and oxygen atoms in total. The summed E-state index contributed by atoms with van der Waals surface area (Å²) >= 11 is 0. The predicted molar refractivity (Wildman–Crippen MR) is 94.5 cm³/mol. The molecule has 2 amide bonds. The van der Waals surface area contributed by atoms with E-state index in [1.165, 1.54) is 5.56 Å². The van der Waals surface area contributed by atoms with Crippen molar-refractivity contribution >= 4 is 11.7 Å². The summed E-state index contributed by atoms with van der Waals surface area (Å²) in [6.45, 7) is 7.85. The number of urea groups is 1. The van der Waals surface area contributed by atoms with Crippen molar-refractivity contribution in [3.05, 3.63) is 52.7 Å². The van der Waals surface area contributed by atoms with Crippen molar-refractivity contribution in [2.75, 3.05) is 18.5 Å².